The van der Waals surface area contributed by atoms with Crippen LogP contribution in [0.5, 0.6) is 5.88 Å². The van der Waals surface area contributed by atoms with Crippen molar-refractivity contribution >= 4 is 49.3 Å². The molecule has 0 aliphatic rings. The van der Waals surface area contributed by atoms with Crippen LogP contribution in [0, 0.1) is 13.8 Å². The summed E-state index contributed by atoms with van der Waals surface area (Å²) in [6.07, 6.45) is 0. The van der Waals surface area contributed by atoms with E-state index in [0.717, 1.165) is 32.1 Å². The predicted octanol–water partition coefficient (Wildman–Crippen LogP) is 7.40. The van der Waals surface area contributed by atoms with Gasteiger partial charge in [-0.1, -0.05) is 51.3 Å². The van der Waals surface area contributed by atoms with Crippen molar-refractivity contribution in [2.75, 3.05) is 0 Å². The number of pyridine rings is 1. The van der Waals surface area contributed by atoms with E-state index < -0.39 is 5.91 Å². The maximum atomic E-state index is 13.3. The van der Waals surface area contributed by atoms with Crippen molar-refractivity contribution in [2.45, 2.75) is 13.8 Å². The Morgan fingerprint density at radius 3 is 2.35 bits per heavy atom. The molecule has 5 rings (SSSR count). The zero-order chi connectivity index (χ0) is 24.0. The molecule has 0 spiro atoms. The molecule has 0 aliphatic heterocycles. The summed E-state index contributed by atoms with van der Waals surface area (Å²) < 4.78 is 2.59. The van der Waals surface area contributed by atoms with Crippen LogP contribution in [0.15, 0.2) is 81.4 Å². The average Bonchev–Trinajstić information content (AvgIpc) is 3.06. The highest BCUT2D eigenvalue weighted by Gasteiger charge is 2.17. The molecular formula is C27H21BrN4O2. The second-order valence-electron chi connectivity index (χ2n) is 8.34. The molecule has 1 N–H and O–H groups in total. The SMILES string of the molecule is Cc1ccc2nc(-c3ccc(Br)cc3)cc(C(=O)N=Nc3c(O)n(C)c4ccc(C)cc34)c2c1. The van der Waals surface area contributed by atoms with Crippen LogP contribution in [0.3, 0.4) is 0 Å². The lowest BCUT2D eigenvalue weighted by Crippen LogP contribution is -1.99. The fourth-order valence-corrected chi connectivity index (χ4v) is 4.32. The van der Waals surface area contributed by atoms with Crippen molar-refractivity contribution in [1.82, 2.24) is 9.55 Å². The Hall–Kier alpha value is -3.84. The molecule has 0 radical (unpaired) electrons. The van der Waals surface area contributed by atoms with Gasteiger partial charge in [0.15, 0.2) is 5.69 Å². The number of aromatic hydroxyl groups is 1. The number of hydrogen-bond donors (Lipinski definition) is 1. The first-order valence-corrected chi connectivity index (χ1v) is 11.5. The highest BCUT2D eigenvalue weighted by molar-refractivity contribution is 9.10. The van der Waals surface area contributed by atoms with Crippen LogP contribution < -0.4 is 0 Å². The highest BCUT2D eigenvalue weighted by Crippen LogP contribution is 2.38. The molecule has 0 saturated carbocycles. The second-order valence-corrected chi connectivity index (χ2v) is 9.26. The van der Waals surface area contributed by atoms with Crippen LogP contribution in [0.2, 0.25) is 0 Å². The van der Waals surface area contributed by atoms with Gasteiger partial charge in [-0.3, -0.25) is 4.79 Å². The van der Waals surface area contributed by atoms with Crippen molar-refractivity contribution in [3.05, 3.63) is 87.9 Å². The summed E-state index contributed by atoms with van der Waals surface area (Å²) in [4.78, 5) is 18.1. The summed E-state index contributed by atoms with van der Waals surface area (Å²) in [7, 11) is 1.75. The second kappa shape index (κ2) is 8.50. The molecule has 34 heavy (non-hydrogen) atoms. The molecule has 3 aromatic carbocycles. The van der Waals surface area contributed by atoms with E-state index in [2.05, 4.69) is 26.2 Å². The first kappa shape index (κ1) is 22.0. The Balaban J connectivity index is 1.63. The average molecular weight is 513 g/mol. The van der Waals surface area contributed by atoms with E-state index >= 15 is 0 Å². The van der Waals surface area contributed by atoms with Crippen LogP contribution in [-0.2, 0) is 7.05 Å². The fraction of sp³-hybridized carbons (Fsp3) is 0.111. The largest absolute Gasteiger partial charge is 0.493 e. The number of carbonyl (C=O) groups excluding carboxylic acids is 1. The summed E-state index contributed by atoms with van der Waals surface area (Å²) in [6.45, 7) is 3.93. The van der Waals surface area contributed by atoms with Crippen LogP contribution in [-0.4, -0.2) is 20.6 Å². The molecular weight excluding hydrogens is 492 g/mol. The Labute approximate surface area is 204 Å². The topological polar surface area (TPSA) is 79.8 Å². The van der Waals surface area contributed by atoms with Crippen LogP contribution in [0.4, 0.5) is 5.69 Å². The molecule has 0 fully saturated rings. The number of nitrogens with zero attached hydrogens (tertiary/aromatic N) is 4. The van der Waals surface area contributed by atoms with Crippen molar-refractivity contribution in [1.29, 1.82) is 0 Å². The number of benzene rings is 3. The van der Waals surface area contributed by atoms with Gasteiger partial charge in [0, 0.05) is 27.9 Å². The molecule has 0 atom stereocenters. The minimum absolute atomic E-state index is 0.0388. The zero-order valence-electron chi connectivity index (χ0n) is 18.9. The van der Waals surface area contributed by atoms with E-state index in [1.807, 2.05) is 74.5 Å². The predicted molar refractivity (Wildman–Crippen MR) is 138 cm³/mol. The molecule has 1 amide bonds. The van der Waals surface area contributed by atoms with Gasteiger partial charge in [-0.15, -0.1) is 10.2 Å². The number of rotatable bonds is 3. The third kappa shape index (κ3) is 3.88. The first-order valence-electron chi connectivity index (χ1n) is 10.7. The third-order valence-corrected chi connectivity index (χ3v) is 6.40. The van der Waals surface area contributed by atoms with Gasteiger partial charge < -0.3 is 9.67 Å². The Bertz CT molecular complexity index is 1620. The quantitative estimate of drug-likeness (QED) is 0.255. The maximum Gasteiger partial charge on any atom is 0.296 e. The Morgan fingerprint density at radius 1 is 0.941 bits per heavy atom. The number of azo groups is 1. The highest BCUT2D eigenvalue weighted by atomic mass is 79.9. The molecule has 5 aromatic rings. The number of amides is 1. The number of carbonyl (C=O) groups is 1. The smallest absolute Gasteiger partial charge is 0.296 e. The molecule has 168 valence electrons. The molecule has 7 heteroatoms. The van der Waals surface area contributed by atoms with Crippen LogP contribution in [0.25, 0.3) is 33.1 Å². The van der Waals surface area contributed by atoms with Gasteiger partial charge >= 0.3 is 0 Å². The summed E-state index contributed by atoms with van der Waals surface area (Å²) >= 11 is 3.45. The first-order chi connectivity index (χ1) is 16.3. The zero-order valence-corrected chi connectivity index (χ0v) is 20.5. The molecule has 0 unspecified atom stereocenters. The Kier molecular flexibility index (Phi) is 5.49. The van der Waals surface area contributed by atoms with E-state index in [0.29, 0.717) is 22.2 Å². The van der Waals surface area contributed by atoms with Crippen LogP contribution >= 0.6 is 15.9 Å². The number of hydrogen-bond acceptors (Lipinski definition) is 4. The summed E-state index contributed by atoms with van der Waals surface area (Å²) in [5, 5.41) is 20.3. The van der Waals surface area contributed by atoms with Gasteiger partial charge in [-0.25, -0.2) is 4.98 Å². The fourth-order valence-electron chi connectivity index (χ4n) is 4.06. The van der Waals surface area contributed by atoms with Gasteiger partial charge in [0.05, 0.1) is 22.3 Å². The van der Waals surface area contributed by atoms with Gasteiger partial charge in [-0.05, 0) is 56.3 Å². The number of aryl methyl sites for hydroxylation is 3. The van der Waals surface area contributed by atoms with Crippen molar-refractivity contribution < 1.29 is 9.90 Å². The van der Waals surface area contributed by atoms with E-state index in [4.69, 9.17) is 4.98 Å². The van der Waals surface area contributed by atoms with Gasteiger partial charge in [0.1, 0.15) is 0 Å². The van der Waals surface area contributed by atoms with Gasteiger partial charge in [0.25, 0.3) is 5.91 Å². The van der Waals surface area contributed by atoms with Crippen molar-refractivity contribution in [3.8, 4) is 17.1 Å². The number of aromatic nitrogens is 2. The molecule has 0 saturated heterocycles. The summed E-state index contributed by atoms with van der Waals surface area (Å²) in [5.74, 6) is -0.538. The van der Waals surface area contributed by atoms with E-state index in [-0.39, 0.29) is 11.6 Å². The van der Waals surface area contributed by atoms with Crippen molar-refractivity contribution in [2.24, 2.45) is 17.3 Å². The number of halogens is 1. The lowest BCUT2D eigenvalue weighted by atomic mass is 10.0. The summed E-state index contributed by atoms with van der Waals surface area (Å²) in [5.41, 5.74) is 5.79. The lowest BCUT2D eigenvalue weighted by Gasteiger charge is -2.08. The van der Waals surface area contributed by atoms with E-state index in [1.165, 1.54) is 0 Å². The molecule has 6 nitrogen and oxygen atoms in total. The Morgan fingerprint density at radius 2 is 1.62 bits per heavy atom. The maximum absolute atomic E-state index is 13.3. The molecule has 2 heterocycles. The van der Waals surface area contributed by atoms with Gasteiger partial charge in [0.2, 0.25) is 5.88 Å². The molecule has 0 bridgehead atoms. The molecule has 0 aliphatic carbocycles. The third-order valence-electron chi connectivity index (χ3n) is 5.87. The standard InChI is InChI=1S/C27H21BrN4O2/c1-15-4-10-22-19(12-15)20(14-23(29-22)17-6-8-18(28)9-7-17)26(33)31-30-25-21-13-16(2)5-11-24(21)32(3)27(25)34/h4-14,34H,1-3H3. The van der Waals surface area contributed by atoms with Crippen molar-refractivity contribution in [3.63, 3.8) is 0 Å². The number of fused-ring (bicyclic) bond motifs is 2. The van der Waals surface area contributed by atoms with E-state index in [9.17, 15) is 9.90 Å². The summed E-state index contributed by atoms with van der Waals surface area (Å²) in [6, 6.07) is 21.1. The monoisotopic (exact) mass is 512 g/mol. The minimum atomic E-state index is -0.500. The van der Waals surface area contributed by atoms with Gasteiger partial charge in [-0.2, -0.15) is 0 Å². The van der Waals surface area contributed by atoms with Crippen LogP contribution in [0.1, 0.15) is 21.5 Å². The normalized spacial score (nSPS) is 11.6. The minimum Gasteiger partial charge on any atom is -0.493 e. The van der Waals surface area contributed by atoms with E-state index in [1.54, 1.807) is 17.7 Å². The lowest BCUT2D eigenvalue weighted by molar-refractivity contribution is 0.0996. The molecule has 2 aromatic heterocycles.